The fraction of sp³-hybridized carbons (Fsp3) is 0.371. The van der Waals surface area contributed by atoms with Crippen LogP contribution in [0.2, 0.25) is 0 Å². The Morgan fingerprint density at radius 2 is 1.50 bits per heavy atom. The second-order valence-electron chi connectivity index (χ2n) is 10.6. The molecule has 0 saturated heterocycles. The van der Waals surface area contributed by atoms with E-state index in [1.807, 2.05) is 18.2 Å². The largest absolute Gasteiger partial charge is 0.206 e. The molecule has 3 aromatic carbocycles. The van der Waals surface area contributed by atoms with Crippen LogP contribution in [-0.4, -0.2) is 0 Å². The summed E-state index contributed by atoms with van der Waals surface area (Å²) < 4.78 is 44.8. The molecule has 0 fully saturated rings. The summed E-state index contributed by atoms with van der Waals surface area (Å²) in [5, 5.41) is 0. The Bertz CT molecular complexity index is 1250. The Morgan fingerprint density at radius 3 is 2.16 bits per heavy atom. The maximum Gasteiger partial charge on any atom is 0.166 e. The Morgan fingerprint density at radius 1 is 0.816 bits per heavy atom. The molecule has 38 heavy (non-hydrogen) atoms. The molecule has 0 bridgehead atoms. The van der Waals surface area contributed by atoms with E-state index >= 15 is 4.39 Å². The molecule has 0 aromatic heterocycles. The van der Waals surface area contributed by atoms with Crippen LogP contribution in [0, 0.1) is 23.4 Å². The van der Waals surface area contributed by atoms with Gasteiger partial charge in [-0.15, -0.1) is 6.58 Å². The average Bonchev–Trinajstić information content (AvgIpc) is 2.94. The molecule has 1 aliphatic carbocycles. The lowest BCUT2D eigenvalue weighted by Gasteiger charge is -2.22. The Kier molecular flexibility index (Phi) is 10.0. The first-order valence-corrected chi connectivity index (χ1v) is 14.2. The van der Waals surface area contributed by atoms with Gasteiger partial charge >= 0.3 is 0 Å². The molecule has 0 heterocycles. The van der Waals surface area contributed by atoms with E-state index in [0.717, 1.165) is 63.4 Å². The molecule has 0 spiro atoms. The van der Waals surface area contributed by atoms with E-state index in [9.17, 15) is 8.78 Å². The van der Waals surface area contributed by atoms with Crippen LogP contribution in [0.15, 0.2) is 73.3 Å². The van der Waals surface area contributed by atoms with Gasteiger partial charge in [-0.25, -0.2) is 13.2 Å². The monoisotopic (exact) mass is 516 g/mol. The highest BCUT2D eigenvalue weighted by molar-refractivity contribution is 5.74. The van der Waals surface area contributed by atoms with Crippen LogP contribution in [-0.2, 0) is 6.42 Å². The number of aryl methyl sites for hydroxylation is 1. The zero-order chi connectivity index (χ0) is 26.9. The van der Waals surface area contributed by atoms with Crippen molar-refractivity contribution in [3.8, 4) is 22.3 Å². The van der Waals surface area contributed by atoms with Crippen molar-refractivity contribution in [3.63, 3.8) is 0 Å². The topological polar surface area (TPSA) is 0 Å². The van der Waals surface area contributed by atoms with Gasteiger partial charge in [-0.2, -0.15) is 0 Å². The summed E-state index contributed by atoms with van der Waals surface area (Å²) in [7, 11) is 0. The summed E-state index contributed by atoms with van der Waals surface area (Å²) in [6.45, 7) is 5.96. The molecule has 1 atom stereocenters. The first kappa shape index (κ1) is 28.0. The van der Waals surface area contributed by atoms with Gasteiger partial charge in [0.2, 0.25) is 0 Å². The molecule has 3 heteroatoms. The molecule has 0 aliphatic heterocycles. The van der Waals surface area contributed by atoms with Gasteiger partial charge in [0.05, 0.1) is 0 Å². The molecule has 200 valence electrons. The number of allylic oxidation sites excluding steroid dienone is 3. The lowest BCUT2D eigenvalue weighted by molar-refractivity contribution is 0.454. The van der Waals surface area contributed by atoms with Crippen molar-refractivity contribution < 1.29 is 13.2 Å². The molecular weight excluding hydrogens is 477 g/mol. The van der Waals surface area contributed by atoms with E-state index in [-0.39, 0.29) is 11.4 Å². The van der Waals surface area contributed by atoms with Gasteiger partial charge in [0.25, 0.3) is 0 Å². The lowest BCUT2D eigenvalue weighted by atomic mass is 9.84. The second kappa shape index (κ2) is 13.6. The Hall–Kier alpha value is -3.07. The third-order valence-corrected chi connectivity index (χ3v) is 7.86. The minimum atomic E-state index is -0.813. The normalized spacial score (nSPS) is 15.4. The number of hydrogen-bond donors (Lipinski definition) is 0. The lowest BCUT2D eigenvalue weighted by Crippen LogP contribution is -2.05. The van der Waals surface area contributed by atoms with Crippen molar-refractivity contribution >= 4 is 5.57 Å². The second-order valence-corrected chi connectivity index (χ2v) is 10.6. The van der Waals surface area contributed by atoms with Crippen molar-refractivity contribution in [2.75, 3.05) is 0 Å². The summed E-state index contributed by atoms with van der Waals surface area (Å²) in [6.07, 6.45) is 15.5. The van der Waals surface area contributed by atoms with Gasteiger partial charge in [0.1, 0.15) is 5.82 Å². The Labute approximate surface area is 226 Å². The molecule has 0 N–H and O–H groups in total. The smallest absolute Gasteiger partial charge is 0.166 e. The van der Waals surface area contributed by atoms with Crippen LogP contribution in [0.25, 0.3) is 27.8 Å². The van der Waals surface area contributed by atoms with Gasteiger partial charge in [-0.1, -0.05) is 93.3 Å². The maximum absolute atomic E-state index is 15.1. The van der Waals surface area contributed by atoms with Gasteiger partial charge < -0.3 is 0 Å². The highest BCUT2D eigenvalue weighted by Gasteiger charge is 2.17. The quantitative estimate of drug-likeness (QED) is 0.166. The molecule has 3 aromatic rings. The van der Waals surface area contributed by atoms with Crippen LogP contribution in [0.1, 0.15) is 82.3 Å². The molecule has 0 radical (unpaired) electrons. The van der Waals surface area contributed by atoms with Crippen molar-refractivity contribution in [2.45, 2.75) is 77.6 Å². The predicted octanol–water partition coefficient (Wildman–Crippen LogP) is 11.1. The maximum atomic E-state index is 15.1. The third-order valence-electron chi connectivity index (χ3n) is 7.86. The zero-order valence-corrected chi connectivity index (χ0v) is 22.5. The highest BCUT2D eigenvalue weighted by Crippen LogP contribution is 2.35. The van der Waals surface area contributed by atoms with Gasteiger partial charge in [0.15, 0.2) is 11.6 Å². The van der Waals surface area contributed by atoms with Crippen molar-refractivity contribution in [1.82, 2.24) is 0 Å². The minimum Gasteiger partial charge on any atom is -0.206 e. The fourth-order valence-electron chi connectivity index (χ4n) is 5.47. The number of hydrogen-bond acceptors (Lipinski definition) is 0. The van der Waals surface area contributed by atoms with Gasteiger partial charge in [-0.05, 0) is 84.8 Å². The molecular formula is C35H39F3. The van der Waals surface area contributed by atoms with E-state index in [1.54, 1.807) is 42.5 Å². The van der Waals surface area contributed by atoms with Crippen LogP contribution in [0.4, 0.5) is 13.2 Å². The molecule has 4 rings (SSSR count). The number of rotatable bonds is 12. The summed E-state index contributed by atoms with van der Waals surface area (Å²) in [6, 6.07) is 15.8. The van der Waals surface area contributed by atoms with E-state index in [2.05, 4.69) is 19.6 Å². The van der Waals surface area contributed by atoms with E-state index in [4.69, 9.17) is 0 Å². The number of unbranched alkanes of at least 4 members (excludes halogenated alkanes) is 4. The summed E-state index contributed by atoms with van der Waals surface area (Å²) in [5.74, 6) is -1.16. The summed E-state index contributed by atoms with van der Waals surface area (Å²) >= 11 is 0. The molecule has 0 saturated carbocycles. The predicted molar refractivity (Wildman–Crippen MR) is 154 cm³/mol. The SMILES string of the molecule is C=CCCC1CC=C(c2ccc(-c3ccc(-c4ccc(CCCCCCC)c(F)c4F)cc3)c(F)c2)CC1. The zero-order valence-electron chi connectivity index (χ0n) is 22.5. The van der Waals surface area contributed by atoms with E-state index < -0.39 is 11.6 Å². The third kappa shape index (κ3) is 6.87. The Balaban J connectivity index is 1.44. The van der Waals surface area contributed by atoms with E-state index in [0.29, 0.717) is 34.6 Å². The van der Waals surface area contributed by atoms with Gasteiger partial charge in [-0.3, -0.25) is 0 Å². The van der Waals surface area contributed by atoms with Crippen molar-refractivity contribution in [1.29, 1.82) is 0 Å². The van der Waals surface area contributed by atoms with E-state index in [1.165, 1.54) is 12.0 Å². The number of halogens is 3. The fourth-order valence-corrected chi connectivity index (χ4v) is 5.47. The first-order valence-electron chi connectivity index (χ1n) is 14.2. The molecule has 0 amide bonds. The van der Waals surface area contributed by atoms with Crippen molar-refractivity contribution in [3.05, 3.63) is 102 Å². The molecule has 1 aliphatic rings. The van der Waals surface area contributed by atoms with Crippen LogP contribution >= 0.6 is 0 Å². The molecule has 1 unspecified atom stereocenters. The van der Waals surface area contributed by atoms with Crippen LogP contribution < -0.4 is 0 Å². The van der Waals surface area contributed by atoms with Gasteiger partial charge in [0, 0.05) is 11.1 Å². The minimum absolute atomic E-state index is 0.232. The molecule has 0 nitrogen and oxygen atoms in total. The van der Waals surface area contributed by atoms with Crippen LogP contribution in [0.3, 0.4) is 0 Å². The van der Waals surface area contributed by atoms with Crippen molar-refractivity contribution in [2.24, 2.45) is 5.92 Å². The summed E-state index contributed by atoms with van der Waals surface area (Å²) in [5.41, 5.74) is 4.61. The first-order chi connectivity index (χ1) is 18.5. The average molecular weight is 517 g/mol. The highest BCUT2D eigenvalue weighted by atomic mass is 19.2. The standard InChI is InChI=1S/C35H39F3/c1-3-5-7-8-9-11-29-20-23-32(35(38)34(29)37)28-18-16-27(17-19-28)31-22-21-30(24-33(31)36)26-14-12-25(13-15-26)10-6-4-2/h4,14,16-25H,2-3,5-13,15H2,1H3. The summed E-state index contributed by atoms with van der Waals surface area (Å²) in [4.78, 5) is 0. The number of benzene rings is 3. The van der Waals surface area contributed by atoms with Crippen LogP contribution in [0.5, 0.6) is 0 Å².